The van der Waals surface area contributed by atoms with Crippen LogP contribution in [0.1, 0.15) is 44.9 Å². The molecule has 0 saturated carbocycles. The van der Waals surface area contributed by atoms with Gasteiger partial charge in [-0.1, -0.05) is 17.4 Å². The molecule has 206 valence electrons. The van der Waals surface area contributed by atoms with E-state index in [9.17, 15) is 9.59 Å². The summed E-state index contributed by atoms with van der Waals surface area (Å²) in [5.74, 6) is 1.19. The van der Waals surface area contributed by atoms with Gasteiger partial charge in [0, 0.05) is 0 Å². The minimum atomic E-state index is -0.765. The van der Waals surface area contributed by atoms with Crippen LogP contribution in [0.2, 0.25) is 0 Å². The first kappa shape index (κ1) is 29.1. The van der Waals surface area contributed by atoms with Crippen molar-refractivity contribution in [1.82, 2.24) is 4.57 Å². The van der Waals surface area contributed by atoms with Gasteiger partial charge in [-0.2, -0.15) is 0 Å². The van der Waals surface area contributed by atoms with E-state index >= 15 is 0 Å². The lowest BCUT2D eigenvalue weighted by Crippen LogP contribution is -2.40. The SMILES string of the molecule is CCOC(=O)C1=C(C)N=c2s/c(=C\c3cc(Br)c(OC)c(Br)c3)c(=O)n2[C@H]1c1ccc(OC(C)C)c(OC)c1. The second kappa shape index (κ2) is 12.1. The maximum Gasteiger partial charge on any atom is 0.338 e. The third-order valence-electron chi connectivity index (χ3n) is 5.91. The van der Waals surface area contributed by atoms with E-state index in [1.54, 1.807) is 50.8 Å². The Balaban J connectivity index is 1.94. The number of carbonyl (C=O) groups is 1. The molecular weight excluding hydrogens is 652 g/mol. The fourth-order valence-electron chi connectivity index (χ4n) is 4.32. The lowest BCUT2D eigenvalue weighted by atomic mass is 9.95. The molecule has 11 heteroatoms. The van der Waals surface area contributed by atoms with Crippen LogP contribution in [0.25, 0.3) is 6.08 Å². The number of esters is 1. The summed E-state index contributed by atoms with van der Waals surface area (Å²) in [5, 5.41) is 0. The zero-order chi connectivity index (χ0) is 28.4. The number of thiazole rings is 1. The lowest BCUT2D eigenvalue weighted by molar-refractivity contribution is -0.139. The number of methoxy groups -OCH3 is 2. The van der Waals surface area contributed by atoms with Crippen LogP contribution in [0.15, 0.2) is 60.3 Å². The number of rotatable bonds is 8. The number of aromatic nitrogens is 1. The van der Waals surface area contributed by atoms with Crippen molar-refractivity contribution in [3.63, 3.8) is 0 Å². The first-order chi connectivity index (χ1) is 18.6. The van der Waals surface area contributed by atoms with Crippen molar-refractivity contribution in [3.8, 4) is 17.2 Å². The molecule has 0 spiro atoms. The summed E-state index contributed by atoms with van der Waals surface area (Å²) in [6.07, 6.45) is 1.73. The zero-order valence-corrected chi connectivity index (χ0v) is 26.3. The molecule has 39 heavy (non-hydrogen) atoms. The van der Waals surface area contributed by atoms with Crippen molar-refractivity contribution < 1.29 is 23.7 Å². The number of benzene rings is 2. The molecule has 0 N–H and O–H groups in total. The van der Waals surface area contributed by atoms with Crippen molar-refractivity contribution in [2.24, 2.45) is 4.99 Å². The van der Waals surface area contributed by atoms with Gasteiger partial charge in [0.2, 0.25) is 0 Å². The van der Waals surface area contributed by atoms with Crippen LogP contribution in [0.5, 0.6) is 17.2 Å². The quantitative estimate of drug-likeness (QED) is 0.307. The molecule has 1 atom stereocenters. The van der Waals surface area contributed by atoms with Gasteiger partial charge in [-0.3, -0.25) is 9.36 Å². The van der Waals surface area contributed by atoms with Gasteiger partial charge in [0.1, 0.15) is 5.75 Å². The van der Waals surface area contributed by atoms with Crippen LogP contribution in [0.4, 0.5) is 0 Å². The molecule has 0 unspecified atom stereocenters. The molecule has 1 aliphatic rings. The summed E-state index contributed by atoms with van der Waals surface area (Å²) in [6.45, 7) is 7.54. The van der Waals surface area contributed by atoms with Crippen molar-refractivity contribution in [1.29, 1.82) is 0 Å². The molecule has 0 radical (unpaired) electrons. The van der Waals surface area contributed by atoms with Gasteiger partial charge in [0.15, 0.2) is 16.3 Å². The summed E-state index contributed by atoms with van der Waals surface area (Å²) >= 11 is 8.28. The number of hydrogen-bond donors (Lipinski definition) is 0. The van der Waals surface area contributed by atoms with Crippen LogP contribution in [0.3, 0.4) is 0 Å². The Morgan fingerprint density at radius 1 is 1.13 bits per heavy atom. The van der Waals surface area contributed by atoms with Gasteiger partial charge in [-0.05, 0) is 101 Å². The Morgan fingerprint density at radius 3 is 2.41 bits per heavy atom. The Kier molecular flexibility index (Phi) is 9.03. The van der Waals surface area contributed by atoms with Gasteiger partial charge in [-0.25, -0.2) is 9.79 Å². The normalized spacial score (nSPS) is 15.2. The van der Waals surface area contributed by atoms with Crippen molar-refractivity contribution in [2.75, 3.05) is 20.8 Å². The fraction of sp³-hybridized carbons (Fsp3) is 0.321. The first-order valence-corrected chi connectivity index (χ1v) is 14.6. The van der Waals surface area contributed by atoms with Crippen LogP contribution in [0, 0.1) is 0 Å². The summed E-state index contributed by atoms with van der Waals surface area (Å²) in [6, 6.07) is 8.38. The molecule has 0 saturated heterocycles. The largest absolute Gasteiger partial charge is 0.494 e. The molecular formula is C28H28Br2N2O6S. The number of ether oxygens (including phenoxy) is 4. The van der Waals surface area contributed by atoms with E-state index in [-0.39, 0.29) is 18.3 Å². The van der Waals surface area contributed by atoms with E-state index in [1.807, 2.05) is 32.0 Å². The van der Waals surface area contributed by atoms with Gasteiger partial charge in [0.25, 0.3) is 5.56 Å². The highest BCUT2D eigenvalue weighted by Crippen LogP contribution is 2.37. The Labute approximate surface area is 246 Å². The van der Waals surface area contributed by atoms with Gasteiger partial charge < -0.3 is 18.9 Å². The average molecular weight is 680 g/mol. The topological polar surface area (TPSA) is 88.4 Å². The zero-order valence-electron chi connectivity index (χ0n) is 22.3. The van der Waals surface area contributed by atoms with E-state index in [4.69, 9.17) is 18.9 Å². The highest BCUT2D eigenvalue weighted by Gasteiger charge is 2.34. The maximum atomic E-state index is 13.9. The van der Waals surface area contributed by atoms with E-state index in [0.717, 1.165) is 14.5 Å². The minimum Gasteiger partial charge on any atom is -0.494 e. The van der Waals surface area contributed by atoms with Crippen molar-refractivity contribution in [3.05, 3.63) is 81.4 Å². The third-order valence-corrected chi connectivity index (χ3v) is 8.07. The van der Waals surface area contributed by atoms with E-state index in [2.05, 4.69) is 36.9 Å². The van der Waals surface area contributed by atoms with Crippen LogP contribution in [-0.4, -0.2) is 37.5 Å². The van der Waals surface area contributed by atoms with E-state index in [1.165, 1.54) is 11.3 Å². The summed E-state index contributed by atoms with van der Waals surface area (Å²) in [5.41, 5.74) is 1.97. The molecule has 4 rings (SSSR count). The summed E-state index contributed by atoms with van der Waals surface area (Å²) in [4.78, 5) is 32.2. The summed E-state index contributed by atoms with van der Waals surface area (Å²) in [7, 11) is 3.14. The highest BCUT2D eigenvalue weighted by molar-refractivity contribution is 9.11. The Hall–Kier alpha value is -2.89. The minimum absolute atomic E-state index is 0.0577. The number of hydrogen-bond acceptors (Lipinski definition) is 8. The smallest absolute Gasteiger partial charge is 0.338 e. The molecule has 1 aliphatic heterocycles. The predicted molar refractivity (Wildman–Crippen MR) is 158 cm³/mol. The third kappa shape index (κ3) is 5.85. The predicted octanol–water partition coefficient (Wildman–Crippen LogP) is 5.13. The summed E-state index contributed by atoms with van der Waals surface area (Å²) < 4.78 is 25.8. The second-order valence-electron chi connectivity index (χ2n) is 8.90. The first-order valence-electron chi connectivity index (χ1n) is 12.2. The average Bonchev–Trinajstić information content (AvgIpc) is 3.17. The van der Waals surface area contributed by atoms with Gasteiger partial charge in [-0.15, -0.1) is 0 Å². The monoisotopic (exact) mass is 678 g/mol. The number of nitrogens with zero attached hydrogens (tertiary/aromatic N) is 2. The molecule has 0 bridgehead atoms. The van der Waals surface area contributed by atoms with Gasteiger partial charge in [0.05, 0.1) is 57.7 Å². The standard InChI is InChI=1S/C28H28Br2N2O6S/c1-7-37-27(34)23-15(4)31-28-32(24(23)17-8-9-20(38-14(2)3)21(13-17)35-5)26(33)22(39-28)12-16-10-18(29)25(36-6)19(30)11-16/h8-14,24H,7H2,1-6H3/b22-12-/t24-/m0/s1. The van der Waals surface area contributed by atoms with E-state index < -0.39 is 12.0 Å². The van der Waals surface area contributed by atoms with Crippen molar-refractivity contribution in [2.45, 2.75) is 39.8 Å². The van der Waals surface area contributed by atoms with E-state index in [0.29, 0.717) is 43.4 Å². The van der Waals surface area contributed by atoms with Crippen LogP contribution < -0.4 is 29.1 Å². The molecule has 2 aromatic carbocycles. The number of fused-ring (bicyclic) bond motifs is 1. The maximum absolute atomic E-state index is 13.9. The van der Waals surface area contributed by atoms with Crippen LogP contribution >= 0.6 is 43.2 Å². The molecule has 0 aliphatic carbocycles. The number of carbonyl (C=O) groups excluding carboxylic acids is 1. The van der Waals surface area contributed by atoms with Gasteiger partial charge >= 0.3 is 5.97 Å². The molecule has 3 aromatic rings. The second-order valence-corrected chi connectivity index (χ2v) is 11.6. The van der Waals surface area contributed by atoms with Crippen LogP contribution in [-0.2, 0) is 9.53 Å². The number of allylic oxidation sites excluding steroid dienone is 1. The molecule has 0 fully saturated rings. The van der Waals surface area contributed by atoms with Crippen molar-refractivity contribution >= 4 is 55.2 Å². The lowest BCUT2D eigenvalue weighted by Gasteiger charge is -2.25. The fourth-order valence-corrected chi connectivity index (χ4v) is 6.91. The number of halogens is 2. The molecule has 2 heterocycles. The molecule has 1 aromatic heterocycles. The molecule has 0 amide bonds. The Morgan fingerprint density at radius 2 is 1.82 bits per heavy atom. The highest BCUT2D eigenvalue weighted by atomic mass is 79.9. The molecule has 8 nitrogen and oxygen atoms in total. The Bertz CT molecular complexity index is 1620.